The third-order valence-electron chi connectivity index (χ3n) is 3.08. The number of nitrogens with one attached hydrogen (secondary N) is 1. The SMILES string of the molecule is Cc1ccc(C(NC(C)C)c2nc(C(C)(C)C)cs2)s1. The van der Waals surface area contributed by atoms with Crippen LogP contribution >= 0.6 is 22.7 Å². The van der Waals surface area contributed by atoms with E-state index in [9.17, 15) is 0 Å². The van der Waals surface area contributed by atoms with Crippen LogP contribution < -0.4 is 5.32 Å². The van der Waals surface area contributed by atoms with Crippen molar-refractivity contribution >= 4 is 22.7 Å². The monoisotopic (exact) mass is 308 g/mol. The standard InChI is InChI=1S/C16H24N2S2/c1-10(2)17-14(12-8-7-11(3)20-12)15-18-13(9-19-15)16(4,5)6/h7-10,14,17H,1-6H3. The Morgan fingerprint density at radius 3 is 2.35 bits per heavy atom. The minimum Gasteiger partial charge on any atom is -0.301 e. The summed E-state index contributed by atoms with van der Waals surface area (Å²) in [6.45, 7) is 13.2. The smallest absolute Gasteiger partial charge is 0.115 e. The van der Waals surface area contributed by atoms with E-state index in [-0.39, 0.29) is 11.5 Å². The summed E-state index contributed by atoms with van der Waals surface area (Å²) in [5.74, 6) is 0. The van der Waals surface area contributed by atoms with Gasteiger partial charge in [0.2, 0.25) is 0 Å². The predicted octanol–water partition coefficient (Wildman–Crippen LogP) is 4.90. The van der Waals surface area contributed by atoms with Crippen LogP contribution in [0.15, 0.2) is 17.5 Å². The van der Waals surface area contributed by atoms with Crippen molar-refractivity contribution in [2.24, 2.45) is 0 Å². The van der Waals surface area contributed by atoms with E-state index in [2.05, 4.69) is 64.4 Å². The number of thiazole rings is 1. The van der Waals surface area contributed by atoms with E-state index in [0.29, 0.717) is 6.04 Å². The van der Waals surface area contributed by atoms with Gasteiger partial charge in [0.05, 0.1) is 11.7 Å². The third-order valence-corrected chi connectivity index (χ3v) is 5.06. The molecule has 0 fully saturated rings. The second-order valence-corrected chi connectivity index (χ2v) is 8.73. The fourth-order valence-electron chi connectivity index (χ4n) is 1.98. The molecule has 0 aromatic carbocycles. The van der Waals surface area contributed by atoms with Crippen LogP contribution in [-0.2, 0) is 5.41 Å². The van der Waals surface area contributed by atoms with Gasteiger partial charge in [0.15, 0.2) is 0 Å². The van der Waals surface area contributed by atoms with E-state index in [4.69, 9.17) is 4.98 Å². The lowest BCUT2D eigenvalue weighted by Crippen LogP contribution is -2.28. The molecular weight excluding hydrogens is 284 g/mol. The average molecular weight is 309 g/mol. The first-order valence-corrected chi connectivity index (χ1v) is 8.75. The summed E-state index contributed by atoms with van der Waals surface area (Å²) >= 11 is 3.62. The largest absolute Gasteiger partial charge is 0.301 e. The van der Waals surface area contributed by atoms with Gasteiger partial charge in [-0.05, 0) is 32.9 Å². The Labute approximate surface area is 130 Å². The Morgan fingerprint density at radius 2 is 1.90 bits per heavy atom. The second kappa shape index (κ2) is 5.96. The van der Waals surface area contributed by atoms with Crippen LogP contribution in [0, 0.1) is 6.92 Å². The highest BCUT2D eigenvalue weighted by atomic mass is 32.1. The number of nitrogens with zero attached hydrogens (tertiary/aromatic N) is 1. The van der Waals surface area contributed by atoms with Gasteiger partial charge in [0, 0.05) is 26.6 Å². The average Bonchev–Trinajstić information content (AvgIpc) is 2.93. The molecule has 20 heavy (non-hydrogen) atoms. The lowest BCUT2D eigenvalue weighted by atomic mass is 9.93. The van der Waals surface area contributed by atoms with Crippen LogP contribution in [-0.4, -0.2) is 11.0 Å². The molecule has 0 amide bonds. The molecule has 1 unspecified atom stereocenters. The van der Waals surface area contributed by atoms with Crippen molar-refractivity contribution in [3.8, 4) is 0 Å². The number of aromatic nitrogens is 1. The molecule has 0 aliphatic carbocycles. The Bertz CT molecular complexity index is 561. The molecule has 2 aromatic rings. The summed E-state index contributed by atoms with van der Waals surface area (Å²) in [7, 11) is 0. The van der Waals surface area contributed by atoms with Crippen LogP contribution in [0.3, 0.4) is 0 Å². The summed E-state index contributed by atoms with van der Waals surface area (Å²) < 4.78 is 0. The van der Waals surface area contributed by atoms with Gasteiger partial charge in [0.1, 0.15) is 5.01 Å². The number of hydrogen-bond acceptors (Lipinski definition) is 4. The fourth-order valence-corrected chi connectivity index (χ4v) is 4.12. The van der Waals surface area contributed by atoms with Crippen LogP contribution in [0.4, 0.5) is 0 Å². The zero-order valence-corrected chi connectivity index (χ0v) is 14.8. The first-order valence-electron chi connectivity index (χ1n) is 7.05. The maximum Gasteiger partial charge on any atom is 0.115 e. The lowest BCUT2D eigenvalue weighted by molar-refractivity contribution is 0.524. The van der Waals surface area contributed by atoms with E-state index in [1.165, 1.54) is 20.5 Å². The normalized spacial score (nSPS) is 13.9. The minimum absolute atomic E-state index is 0.114. The maximum atomic E-state index is 4.88. The van der Waals surface area contributed by atoms with E-state index in [1.807, 2.05) is 11.3 Å². The molecule has 2 heterocycles. The van der Waals surface area contributed by atoms with Gasteiger partial charge in [-0.25, -0.2) is 4.98 Å². The van der Waals surface area contributed by atoms with Gasteiger partial charge in [-0.3, -0.25) is 0 Å². The molecule has 0 saturated carbocycles. The number of hydrogen-bond donors (Lipinski definition) is 1. The van der Waals surface area contributed by atoms with Crippen molar-refractivity contribution in [1.82, 2.24) is 10.3 Å². The Balaban J connectivity index is 2.34. The molecule has 2 aromatic heterocycles. The first-order chi connectivity index (χ1) is 9.27. The number of aryl methyl sites for hydroxylation is 1. The molecule has 2 rings (SSSR count). The van der Waals surface area contributed by atoms with Gasteiger partial charge in [-0.1, -0.05) is 20.8 Å². The van der Waals surface area contributed by atoms with Crippen molar-refractivity contribution in [2.45, 2.75) is 59.0 Å². The molecule has 1 N–H and O–H groups in total. The van der Waals surface area contributed by atoms with Crippen molar-refractivity contribution in [1.29, 1.82) is 0 Å². The van der Waals surface area contributed by atoms with Gasteiger partial charge in [-0.15, -0.1) is 22.7 Å². The van der Waals surface area contributed by atoms with Crippen LogP contribution in [0.2, 0.25) is 0 Å². The molecule has 0 saturated heterocycles. The molecule has 1 atom stereocenters. The summed E-state index contributed by atoms with van der Waals surface area (Å²) in [5.41, 5.74) is 1.30. The van der Waals surface area contributed by atoms with Crippen molar-refractivity contribution in [3.05, 3.63) is 38.0 Å². The molecule has 2 nitrogen and oxygen atoms in total. The minimum atomic E-state index is 0.114. The quantitative estimate of drug-likeness (QED) is 0.869. The highest BCUT2D eigenvalue weighted by Crippen LogP contribution is 2.33. The molecule has 0 aliphatic rings. The summed E-state index contributed by atoms with van der Waals surface area (Å²) in [6, 6.07) is 5.06. The van der Waals surface area contributed by atoms with Crippen LogP contribution in [0.1, 0.15) is 61.1 Å². The first kappa shape index (κ1) is 15.7. The Morgan fingerprint density at radius 1 is 1.20 bits per heavy atom. The molecule has 110 valence electrons. The molecular formula is C16H24N2S2. The maximum absolute atomic E-state index is 4.88. The van der Waals surface area contributed by atoms with Gasteiger partial charge in [0.25, 0.3) is 0 Å². The molecule has 0 aliphatic heterocycles. The summed E-state index contributed by atoms with van der Waals surface area (Å²) in [6.07, 6.45) is 0. The third kappa shape index (κ3) is 3.68. The lowest BCUT2D eigenvalue weighted by Gasteiger charge is -2.19. The number of thiophene rings is 1. The van der Waals surface area contributed by atoms with Crippen molar-refractivity contribution in [3.63, 3.8) is 0 Å². The van der Waals surface area contributed by atoms with Gasteiger partial charge in [-0.2, -0.15) is 0 Å². The molecule has 4 heteroatoms. The summed E-state index contributed by atoms with van der Waals surface area (Å²) in [4.78, 5) is 7.59. The molecule has 0 radical (unpaired) electrons. The van der Waals surface area contributed by atoms with E-state index < -0.39 is 0 Å². The highest BCUT2D eigenvalue weighted by Gasteiger charge is 2.23. The highest BCUT2D eigenvalue weighted by molar-refractivity contribution is 7.12. The van der Waals surface area contributed by atoms with E-state index in [0.717, 1.165) is 0 Å². The Kier molecular flexibility index (Phi) is 4.67. The van der Waals surface area contributed by atoms with Crippen LogP contribution in [0.5, 0.6) is 0 Å². The Hall–Kier alpha value is -0.710. The van der Waals surface area contributed by atoms with Gasteiger partial charge < -0.3 is 5.32 Å². The molecule has 0 spiro atoms. The summed E-state index contributed by atoms with van der Waals surface area (Å²) in [5, 5.41) is 7.02. The zero-order chi connectivity index (χ0) is 14.9. The molecule has 0 bridgehead atoms. The fraction of sp³-hybridized carbons (Fsp3) is 0.562. The second-order valence-electron chi connectivity index (χ2n) is 6.52. The number of rotatable bonds is 4. The van der Waals surface area contributed by atoms with Crippen molar-refractivity contribution in [2.75, 3.05) is 0 Å². The topological polar surface area (TPSA) is 24.9 Å². The zero-order valence-electron chi connectivity index (χ0n) is 13.2. The van der Waals surface area contributed by atoms with E-state index >= 15 is 0 Å². The van der Waals surface area contributed by atoms with Crippen molar-refractivity contribution < 1.29 is 0 Å². The predicted molar refractivity (Wildman–Crippen MR) is 90.0 cm³/mol. The van der Waals surface area contributed by atoms with E-state index in [1.54, 1.807) is 11.3 Å². The van der Waals surface area contributed by atoms with Gasteiger partial charge >= 0.3 is 0 Å². The van der Waals surface area contributed by atoms with Crippen LogP contribution in [0.25, 0.3) is 0 Å².